The first-order valence-corrected chi connectivity index (χ1v) is 8.85. The van der Waals surface area contributed by atoms with Crippen molar-refractivity contribution in [3.8, 4) is 0 Å². The normalized spacial score (nSPS) is 18.9. The monoisotopic (exact) mass is 344 g/mol. The molecule has 0 bridgehead atoms. The van der Waals surface area contributed by atoms with Crippen LogP contribution >= 0.6 is 0 Å². The molecule has 0 aromatic carbocycles. The highest BCUT2D eigenvalue weighted by Crippen LogP contribution is 2.28. The largest absolute Gasteiger partial charge is 0.464 e. The van der Waals surface area contributed by atoms with Gasteiger partial charge in [0.05, 0.1) is 13.7 Å². The smallest absolute Gasteiger partial charge is 0.354 e. The van der Waals surface area contributed by atoms with Crippen molar-refractivity contribution in [3.05, 3.63) is 35.2 Å². The Balaban J connectivity index is 1.35. The number of carbonyl (C=O) groups is 1. The van der Waals surface area contributed by atoms with Crippen molar-refractivity contribution in [1.82, 2.24) is 30.0 Å². The van der Waals surface area contributed by atoms with Crippen LogP contribution in [0, 0.1) is 0 Å². The van der Waals surface area contributed by atoms with Gasteiger partial charge in [-0.15, -0.1) is 10.2 Å². The molecule has 25 heavy (non-hydrogen) atoms. The van der Waals surface area contributed by atoms with Gasteiger partial charge in [-0.1, -0.05) is 0 Å². The van der Waals surface area contributed by atoms with Crippen LogP contribution in [0.5, 0.6) is 0 Å². The van der Waals surface area contributed by atoms with Gasteiger partial charge in [-0.2, -0.15) is 0 Å². The summed E-state index contributed by atoms with van der Waals surface area (Å²) < 4.78 is 7.03. The third-order valence-corrected chi connectivity index (χ3v) is 5.16. The number of nitrogens with zero attached hydrogens (tertiary/aromatic N) is 4. The minimum atomic E-state index is -0.323. The summed E-state index contributed by atoms with van der Waals surface area (Å²) >= 11 is 0. The molecule has 8 heteroatoms. The first kappa shape index (κ1) is 16.3. The second-order valence-corrected chi connectivity index (χ2v) is 6.77. The van der Waals surface area contributed by atoms with Crippen LogP contribution in [0.25, 0.3) is 0 Å². The zero-order valence-corrected chi connectivity index (χ0v) is 14.5. The number of ether oxygens (including phenoxy) is 1. The van der Waals surface area contributed by atoms with E-state index in [0.29, 0.717) is 11.6 Å². The molecular weight excluding hydrogens is 320 g/mol. The number of esters is 1. The number of rotatable bonds is 4. The predicted octanol–water partition coefficient (Wildman–Crippen LogP) is 0.876. The lowest BCUT2D eigenvalue weighted by molar-refractivity contribution is 0.0594. The minimum absolute atomic E-state index is 0.323. The molecule has 0 saturated carbocycles. The Morgan fingerprint density at radius 2 is 2.16 bits per heavy atom. The molecule has 2 aromatic rings. The van der Waals surface area contributed by atoms with Gasteiger partial charge in [0.2, 0.25) is 0 Å². The Hall–Kier alpha value is -2.19. The maximum absolute atomic E-state index is 11.5. The van der Waals surface area contributed by atoms with Gasteiger partial charge in [0.15, 0.2) is 0 Å². The molecule has 1 fully saturated rings. The van der Waals surface area contributed by atoms with E-state index in [-0.39, 0.29) is 5.97 Å². The van der Waals surface area contributed by atoms with Gasteiger partial charge in [0.1, 0.15) is 17.3 Å². The molecule has 0 amide bonds. The predicted molar refractivity (Wildman–Crippen MR) is 91.1 cm³/mol. The van der Waals surface area contributed by atoms with Gasteiger partial charge in [0, 0.05) is 31.7 Å². The third-order valence-electron chi connectivity index (χ3n) is 5.16. The van der Waals surface area contributed by atoms with Crippen molar-refractivity contribution < 1.29 is 9.53 Å². The summed E-state index contributed by atoms with van der Waals surface area (Å²) in [4.78, 5) is 16.9. The standard InChI is InChI=1S/C17H24N6O2/c1-25-17(24)14-8-12(9-19-14)11-22-5-2-13(3-6-22)16-21-20-15-10-18-4-7-23(15)16/h8-9,13,18-19H,2-7,10-11H2,1H3. The van der Waals surface area contributed by atoms with Crippen molar-refractivity contribution in [1.29, 1.82) is 0 Å². The number of hydrogen-bond donors (Lipinski definition) is 2. The zero-order valence-electron chi connectivity index (χ0n) is 14.5. The van der Waals surface area contributed by atoms with Crippen molar-refractivity contribution >= 4 is 5.97 Å². The molecule has 2 N–H and O–H groups in total. The Morgan fingerprint density at radius 3 is 2.96 bits per heavy atom. The van der Waals surface area contributed by atoms with E-state index in [2.05, 4.69) is 30.0 Å². The summed E-state index contributed by atoms with van der Waals surface area (Å²) in [7, 11) is 1.40. The molecule has 4 rings (SSSR count). The quantitative estimate of drug-likeness (QED) is 0.801. The number of piperidine rings is 1. The highest BCUT2D eigenvalue weighted by molar-refractivity contribution is 5.87. The second kappa shape index (κ2) is 6.97. The molecule has 1 saturated heterocycles. The number of hydrogen-bond acceptors (Lipinski definition) is 6. The topological polar surface area (TPSA) is 88.1 Å². The number of likely N-dealkylation sites (tertiary alicyclic amines) is 1. The highest BCUT2D eigenvalue weighted by Gasteiger charge is 2.27. The summed E-state index contributed by atoms with van der Waals surface area (Å²) in [5, 5.41) is 12.1. The number of methoxy groups -OCH3 is 1. The number of aromatic amines is 1. The van der Waals surface area contributed by atoms with E-state index in [1.165, 1.54) is 7.11 Å². The van der Waals surface area contributed by atoms with E-state index in [1.807, 2.05) is 12.3 Å². The van der Waals surface area contributed by atoms with Crippen LogP contribution in [0.15, 0.2) is 12.3 Å². The van der Waals surface area contributed by atoms with Gasteiger partial charge in [-0.05, 0) is 37.6 Å². The molecule has 0 aliphatic carbocycles. The van der Waals surface area contributed by atoms with Gasteiger partial charge in [0.25, 0.3) is 0 Å². The van der Waals surface area contributed by atoms with Gasteiger partial charge < -0.3 is 19.6 Å². The lowest BCUT2D eigenvalue weighted by Gasteiger charge is -2.31. The Labute approximate surface area is 146 Å². The van der Waals surface area contributed by atoms with Crippen molar-refractivity contribution in [2.75, 3.05) is 26.7 Å². The summed E-state index contributed by atoms with van der Waals surface area (Å²) in [6, 6.07) is 1.87. The Kier molecular flexibility index (Phi) is 4.54. The number of carbonyl (C=O) groups excluding carboxylic acids is 1. The Morgan fingerprint density at radius 1 is 1.32 bits per heavy atom. The van der Waals surface area contributed by atoms with E-state index in [1.54, 1.807) is 0 Å². The lowest BCUT2D eigenvalue weighted by Crippen LogP contribution is -2.34. The molecule has 2 aromatic heterocycles. The molecule has 2 aliphatic heterocycles. The molecule has 0 atom stereocenters. The maximum atomic E-state index is 11.5. The average Bonchev–Trinajstić information content (AvgIpc) is 3.29. The highest BCUT2D eigenvalue weighted by atomic mass is 16.5. The van der Waals surface area contributed by atoms with Gasteiger partial charge in [-0.25, -0.2) is 4.79 Å². The van der Waals surface area contributed by atoms with Crippen LogP contribution < -0.4 is 5.32 Å². The lowest BCUT2D eigenvalue weighted by atomic mass is 9.95. The molecule has 134 valence electrons. The fourth-order valence-electron chi connectivity index (χ4n) is 3.78. The summed E-state index contributed by atoms with van der Waals surface area (Å²) in [6.07, 6.45) is 4.08. The van der Waals surface area contributed by atoms with Crippen LogP contribution in [0.4, 0.5) is 0 Å². The van der Waals surface area contributed by atoms with Crippen LogP contribution in [-0.2, 0) is 24.4 Å². The third kappa shape index (κ3) is 3.32. The number of nitrogens with one attached hydrogen (secondary N) is 2. The summed E-state index contributed by atoms with van der Waals surface area (Å²) in [5.41, 5.74) is 1.63. The average molecular weight is 344 g/mol. The number of H-pyrrole nitrogens is 1. The second-order valence-electron chi connectivity index (χ2n) is 6.77. The van der Waals surface area contributed by atoms with Crippen LogP contribution in [0.1, 0.15) is 46.5 Å². The number of aromatic nitrogens is 4. The first-order chi connectivity index (χ1) is 12.2. The maximum Gasteiger partial charge on any atom is 0.354 e. The molecule has 2 aliphatic rings. The molecule has 0 unspecified atom stereocenters. The molecule has 0 radical (unpaired) electrons. The van der Waals surface area contributed by atoms with Crippen molar-refractivity contribution in [3.63, 3.8) is 0 Å². The summed E-state index contributed by atoms with van der Waals surface area (Å²) in [6.45, 7) is 5.70. The van der Waals surface area contributed by atoms with E-state index in [4.69, 9.17) is 4.74 Å². The molecule has 0 spiro atoms. The molecule has 8 nitrogen and oxygen atoms in total. The Bertz CT molecular complexity index is 744. The van der Waals surface area contributed by atoms with E-state index in [9.17, 15) is 4.79 Å². The molecule has 4 heterocycles. The first-order valence-electron chi connectivity index (χ1n) is 8.85. The molecular formula is C17H24N6O2. The van der Waals surface area contributed by atoms with Crippen molar-refractivity contribution in [2.24, 2.45) is 0 Å². The van der Waals surface area contributed by atoms with Crippen LogP contribution in [0.2, 0.25) is 0 Å². The van der Waals surface area contributed by atoms with E-state index >= 15 is 0 Å². The van der Waals surface area contributed by atoms with E-state index < -0.39 is 0 Å². The number of fused-ring (bicyclic) bond motifs is 1. The summed E-state index contributed by atoms with van der Waals surface area (Å²) in [5.74, 6) is 2.39. The van der Waals surface area contributed by atoms with E-state index in [0.717, 1.165) is 69.3 Å². The fraction of sp³-hybridized carbons (Fsp3) is 0.588. The minimum Gasteiger partial charge on any atom is -0.464 e. The van der Waals surface area contributed by atoms with Crippen LogP contribution in [0.3, 0.4) is 0 Å². The SMILES string of the molecule is COC(=O)c1cc(CN2CCC(c3nnc4n3CCNC4)CC2)c[nH]1. The van der Waals surface area contributed by atoms with Gasteiger partial charge in [-0.3, -0.25) is 4.90 Å². The zero-order chi connectivity index (χ0) is 17.2. The van der Waals surface area contributed by atoms with Crippen LogP contribution in [-0.4, -0.2) is 57.4 Å². The van der Waals surface area contributed by atoms with Crippen molar-refractivity contribution in [2.45, 2.75) is 38.4 Å². The van der Waals surface area contributed by atoms with Gasteiger partial charge >= 0.3 is 5.97 Å². The fourth-order valence-corrected chi connectivity index (χ4v) is 3.78.